The highest BCUT2D eigenvalue weighted by Gasteiger charge is 2.18. The number of pyridine rings is 1. The van der Waals surface area contributed by atoms with Crippen LogP contribution in [0.2, 0.25) is 0 Å². The molecule has 0 atom stereocenters. The van der Waals surface area contributed by atoms with Crippen LogP contribution >= 0.6 is 11.8 Å². The molecule has 0 aliphatic carbocycles. The summed E-state index contributed by atoms with van der Waals surface area (Å²) in [5, 5.41) is 6.03. The summed E-state index contributed by atoms with van der Waals surface area (Å²) in [4.78, 5) is 39.8. The van der Waals surface area contributed by atoms with E-state index >= 15 is 0 Å². The van der Waals surface area contributed by atoms with Crippen molar-refractivity contribution in [2.24, 2.45) is 0 Å². The van der Waals surface area contributed by atoms with Gasteiger partial charge in [0.15, 0.2) is 0 Å². The number of anilines is 2. The van der Waals surface area contributed by atoms with E-state index in [9.17, 15) is 14.4 Å². The summed E-state index contributed by atoms with van der Waals surface area (Å²) in [6.07, 6.45) is 0. The maximum atomic E-state index is 12.8. The molecule has 7 heteroatoms. The van der Waals surface area contributed by atoms with Crippen LogP contribution in [0.15, 0.2) is 70.5 Å². The molecule has 148 valence electrons. The van der Waals surface area contributed by atoms with E-state index in [2.05, 4.69) is 15.6 Å². The lowest BCUT2D eigenvalue weighted by atomic mass is 10.1. The molecule has 3 N–H and O–H groups in total. The van der Waals surface area contributed by atoms with Crippen LogP contribution in [0.5, 0.6) is 0 Å². The third-order valence-electron chi connectivity index (χ3n) is 4.23. The number of amides is 2. The molecule has 2 amide bonds. The van der Waals surface area contributed by atoms with Gasteiger partial charge >= 0.3 is 0 Å². The number of carbonyl (C=O) groups excluding carboxylic acids is 2. The second kappa shape index (κ2) is 9.25. The van der Waals surface area contributed by atoms with Crippen LogP contribution in [0.25, 0.3) is 0 Å². The van der Waals surface area contributed by atoms with E-state index in [1.165, 1.54) is 6.07 Å². The third-order valence-corrected chi connectivity index (χ3v) is 5.23. The van der Waals surface area contributed by atoms with Gasteiger partial charge < -0.3 is 15.6 Å². The topological polar surface area (TPSA) is 91.1 Å². The first-order valence-electron chi connectivity index (χ1n) is 9.02. The molecule has 0 unspecified atom stereocenters. The van der Waals surface area contributed by atoms with Gasteiger partial charge in [0, 0.05) is 17.4 Å². The molecular formula is C22H21N3O3S. The van der Waals surface area contributed by atoms with Gasteiger partial charge in [-0.05, 0) is 43.2 Å². The van der Waals surface area contributed by atoms with E-state index in [0.29, 0.717) is 21.8 Å². The molecule has 29 heavy (non-hydrogen) atoms. The van der Waals surface area contributed by atoms with Crippen LogP contribution < -0.4 is 16.2 Å². The summed E-state index contributed by atoms with van der Waals surface area (Å²) < 4.78 is 0. The van der Waals surface area contributed by atoms with Crippen LogP contribution in [-0.4, -0.2) is 22.6 Å². The Bertz CT molecular complexity index is 1090. The minimum atomic E-state index is -0.341. The Kier molecular flexibility index (Phi) is 6.51. The third kappa shape index (κ3) is 5.36. The van der Waals surface area contributed by atoms with Crippen LogP contribution in [-0.2, 0) is 4.79 Å². The first kappa shape index (κ1) is 20.4. The van der Waals surface area contributed by atoms with Crippen molar-refractivity contribution >= 4 is 35.0 Å². The van der Waals surface area contributed by atoms with E-state index in [4.69, 9.17) is 0 Å². The van der Waals surface area contributed by atoms with Gasteiger partial charge in [0.1, 0.15) is 0 Å². The Labute approximate surface area is 172 Å². The Hall–Kier alpha value is -3.32. The first-order valence-corrected chi connectivity index (χ1v) is 10.0. The fourth-order valence-corrected chi connectivity index (χ4v) is 3.72. The Morgan fingerprint density at radius 2 is 1.62 bits per heavy atom. The van der Waals surface area contributed by atoms with Crippen molar-refractivity contribution in [1.82, 2.24) is 4.98 Å². The van der Waals surface area contributed by atoms with Gasteiger partial charge in [-0.25, -0.2) is 0 Å². The maximum Gasteiger partial charge on any atom is 0.258 e. The van der Waals surface area contributed by atoms with Crippen molar-refractivity contribution < 1.29 is 9.59 Å². The Morgan fingerprint density at radius 3 is 2.34 bits per heavy atom. The fraction of sp³-hybridized carbons (Fsp3) is 0.136. The highest BCUT2D eigenvalue weighted by Crippen LogP contribution is 2.23. The molecule has 2 aromatic carbocycles. The molecule has 0 saturated heterocycles. The van der Waals surface area contributed by atoms with Gasteiger partial charge in [-0.1, -0.05) is 48.2 Å². The zero-order valence-electron chi connectivity index (χ0n) is 16.1. The molecule has 0 bridgehead atoms. The molecule has 0 saturated carbocycles. The number of para-hydroxylation sites is 2. The van der Waals surface area contributed by atoms with Gasteiger partial charge in [-0.2, -0.15) is 0 Å². The standard InChI is InChI=1S/C22H21N3O3S/c1-14-8-6-7-11-17(14)24-19(27)13-29-22-20(15(2)12-18(26)25-22)21(28)23-16-9-4-3-5-10-16/h3-12H,13H2,1-2H3,(H,23,28)(H,24,27)(H,25,26). The lowest BCUT2D eigenvalue weighted by molar-refractivity contribution is -0.113. The molecule has 1 aromatic heterocycles. The molecule has 1 heterocycles. The molecular weight excluding hydrogens is 386 g/mol. The molecule has 3 rings (SSSR count). The quantitative estimate of drug-likeness (QED) is 0.539. The van der Waals surface area contributed by atoms with Gasteiger partial charge in [0.2, 0.25) is 11.5 Å². The zero-order chi connectivity index (χ0) is 20.8. The summed E-state index contributed by atoms with van der Waals surface area (Å²) >= 11 is 1.12. The molecule has 0 aliphatic rings. The second-order valence-corrected chi connectivity index (χ2v) is 7.48. The maximum absolute atomic E-state index is 12.8. The number of aryl methyl sites for hydroxylation is 2. The van der Waals surface area contributed by atoms with Crippen molar-refractivity contribution in [2.75, 3.05) is 16.4 Å². The first-order chi connectivity index (χ1) is 13.9. The number of hydrogen-bond acceptors (Lipinski definition) is 4. The van der Waals surface area contributed by atoms with Gasteiger partial charge in [-0.3, -0.25) is 14.4 Å². The predicted molar refractivity (Wildman–Crippen MR) is 117 cm³/mol. The Balaban J connectivity index is 1.76. The van der Waals surface area contributed by atoms with E-state index < -0.39 is 0 Å². The van der Waals surface area contributed by atoms with Gasteiger partial charge in [-0.15, -0.1) is 0 Å². The number of carbonyl (C=O) groups is 2. The predicted octanol–water partition coefficient (Wildman–Crippen LogP) is 3.97. The van der Waals surface area contributed by atoms with Crippen LogP contribution in [0.4, 0.5) is 11.4 Å². The average Bonchev–Trinajstić information content (AvgIpc) is 2.68. The highest BCUT2D eigenvalue weighted by molar-refractivity contribution is 8.00. The molecule has 0 spiro atoms. The summed E-state index contributed by atoms with van der Waals surface area (Å²) in [5.74, 6) is -0.507. The minimum Gasteiger partial charge on any atom is -0.325 e. The average molecular weight is 407 g/mol. The number of aromatic amines is 1. The van der Waals surface area contributed by atoms with E-state index in [-0.39, 0.29) is 23.1 Å². The van der Waals surface area contributed by atoms with E-state index in [1.807, 2.05) is 49.4 Å². The van der Waals surface area contributed by atoms with Crippen molar-refractivity contribution in [2.45, 2.75) is 18.9 Å². The molecule has 0 fully saturated rings. The number of rotatable bonds is 6. The fourth-order valence-electron chi connectivity index (χ4n) is 2.80. The molecule has 6 nitrogen and oxygen atoms in total. The van der Waals surface area contributed by atoms with E-state index in [0.717, 1.165) is 23.0 Å². The van der Waals surface area contributed by atoms with Crippen molar-refractivity contribution in [3.63, 3.8) is 0 Å². The lowest BCUT2D eigenvalue weighted by Crippen LogP contribution is -2.20. The van der Waals surface area contributed by atoms with Crippen molar-refractivity contribution in [3.05, 3.63) is 87.7 Å². The highest BCUT2D eigenvalue weighted by atomic mass is 32.2. The SMILES string of the molecule is Cc1ccccc1NC(=O)CSc1[nH]c(=O)cc(C)c1C(=O)Nc1ccccc1. The summed E-state index contributed by atoms with van der Waals surface area (Å²) in [7, 11) is 0. The monoisotopic (exact) mass is 407 g/mol. The van der Waals surface area contributed by atoms with Gasteiger partial charge in [0.25, 0.3) is 5.91 Å². The lowest BCUT2D eigenvalue weighted by Gasteiger charge is -2.13. The van der Waals surface area contributed by atoms with Crippen LogP contribution in [0, 0.1) is 13.8 Å². The van der Waals surface area contributed by atoms with Crippen molar-refractivity contribution in [3.8, 4) is 0 Å². The molecule has 0 aliphatic heterocycles. The zero-order valence-corrected chi connectivity index (χ0v) is 16.9. The number of aromatic nitrogens is 1. The summed E-state index contributed by atoms with van der Waals surface area (Å²) in [5.41, 5.74) is 2.92. The number of nitrogens with one attached hydrogen (secondary N) is 3. The molecule has 3 aromatic rings. The largest absolute Gasteiger partial charge is 0.325 e. The van der Waals surface area contributed by atoms with Crippen molar-refractivity contribution in [1.29, 1.82) is 0 Å². The number of benzene rings is 2. The number of hydrogen-bond donors (Lipinski definition) is 3. The second-order valence-electron chi connectivity index (χ2n) is 6.49. The normalized spacial score (nSPS) is 10.4. The number of H-pyrrole nitrogens is 1. The van der Waals surface area contributed by atoms with Crippen LogP contribution in [0.3, 0.4) is 0 Å². The molecule has 0 radical (unpaired) electrons. The minimum absolute atomic E-state index is 0.0549. The van der Waals surface area contributed by atoms with E-state index in [1.54, 1.807) is 19.1 Å². The summed E-state index contributed by atoms with van der Waals surface area (Å²) in [6, 6.07) is 17.9. The van der Waals surface area contributed by atoms with Crippen LogP contribution in [0.1, 0.15) is 21.5 Å². The summed E-state index contributed by atoms with van der Waals surface area (Å²) in [6.45, 7) is 3.61. The Morgan fingerprint density at radius 1 is 0.931 bits per heavy atom. The number of thioether (sulfide) groups is 1. The van der Waals surface area contributed by atoms with Gasteiger partial charge in [0.05, 0.1) is 16.3 Å². The smallest absolute Gasteiger partial charge is 0.258 e.